The van der Waals surface area contributed by atoms with Crippen LogP contribution in [0.4, 0.5) is 24.7 Å². The lowest BCUT2D eigenvalue weighted by atomic mass is 10.0. The molecule has 7 nitrogen and oxygen atoms in total. The van der Waals surface area contributed by atoms with Gasteiger partial charge in [0.15, 0.2) is 5.82 Å². The Labute approximate surface area is 157 Å². The van der Waals surface area contributed by atoms with Gasteiger partial charge in [0, 0.05) is 22.9 Å². The first-order chi connectivity index (χ1) is 13.1. The lowest BCUT2D eigenvalue weighted by molar-refractivity contribution is -0.385. The van der Waals surface area contributed by atoms with Gasteiger partial charge in [-0.3, -0.25) is 10.1 Å². The zero-order valence-electron chi connectivity index (χ0n) is 14.8. The van der Waals surface area contributed by atoms with Gasteiger partial charge in [-0.1, -0.05) is 0 Å². The minimum atomic E-state index is -4.72. The van der Waals surface area contributed by atoms with Crippen molar-refractivity contribution in [3.8, 4) is 5.75 Å². The molecule has 0 aliphatic heterocycles. The quantitative estimate of drug-likeness (QED) is 0.491. The second kappa shape index (κ2) is 6.95. The summed E-state index contributed by atoms with van der Waals surface area (Å²) < 4.78 is 39.3. The largest absolute Gasteiger partial charge is 0.508 e. The molecule has 0 saturated carbocycles. The number of fused-ring (bicyclic) bond motifs is 1. The second-order valence-corrected chi connectivity index (χ2v) is 6.30. The molecule has 0 fully saturated rings. The molecule has 0 saturated heterocycles. The van der Waals surface area contributed by atoms with Crippen LogP contribution in [0.2, 0.25) is 0 Å². The van der Waals surface area contributed by atoms with Crippen molar-refractivity contribution in [1.82, 2.24) is 10.2 Å². The summed E-state index contributed by atoms with van der Waals surface area (Å²) in [6.45, 7) is 3.28. The Morgan fingerprint density at radius 1 is 1.14 bits per heavy atom. The zero-order chi connectivity index (χ0) is 20.6. The molecule has 0 aliphatic rings. The highest BCUT2D eigenvalue weighted by molar-refractivity contribution is 5.94. The van der Waals surface area contributed by atoms with Gasteiger partial charge in [0.25, 0.3) is 5.69 Å². The molecule has 28 heavy (non-hydrogen) atoms. The predicted molar refractivity (Wildman–Crippen MR) is 96.1 cm³/mol. The lowest BCUT2D eigenvalue weighted by Crippen LogP contribution is -2.12. The van der Waals surface area contributed by atoms with Gasteiger partial charge in [0.2, 0.25) is 0 Å². The number of halogens is 3. The van der Waals surface area contributed by atoms with E-state index >= 15 is 0 Å². The monoisotopic (exact) mass is 392 g/mol. The topological polar surface area (TPSA) is 101 Å². The van der Waals surface area contributed by atoms with Gasteiger partial charge in [-0.05, 0) is 43.7 Å². The molecule has 0 unspecified atom stereocenters. The SMILES string of the molecule is Cc1nnc(N[C@H](C)c2cc([N+](=O)[O-])cc(C(F)(F)F)c2)c2cc(O)ccc12. The van der Waals surface area contributed by atoms with Crippen LogP contribution in [0.25, 0.3) is 10.8 Å². The number of alkyl halides is 3. The van der Waals surface area contributed by atoms with Crippen LogP contribution in [-0.2, 0) is 6.18 Å². The number of aromatic nitrogens is 2. The van der Waals surface area contributed by atoms with Gasteiger partial charge in [0.1, 0.15) is 5.75 Å². The van der Waals surface area contributed by atoms with Gasteiger partial charge in [-0.25, -0.2) is 0 Å². The van der Waals surface area contributed by atoms with Crippen LogP contribution < -0.4 is 5.32 Å². The van der Waals surface area contributed by atoms with Crippen molar-refractivity contribution in [2.45, 2.75) is 26.1 Å². The van der Waals surface area contributed by atoms with E-state index in [-0.39, 0.29) is 17.1 Å². The Hall–Kier alpha value is -3.43. The molecule has 3 rings (SSSR count). The van der Waals surface area contributed by atoms with Crippen molar-refractivity contribution in [1.29, 1.82) is 0 Å². The summed E-state index contributed by atoms with van der Waals surface area (Å²) in [6, 6.07) is 6.28. The number of hydrogen-bond acceptors (Lipinski definition) is 6. The molecule has 3 aromatic rings. The Bertz CT molecular complexity index is 1070. The van der Waals surface area contributed by atoms with Gasteiger partial charge >= 0.3 is 6.18 Å². The number of phenolic OH excluding ortho intramolecular Hbond substituents is 1. The van der Waals surface area contributed by atoms with E-state index in [4.69, 9.17) is 0 Å². The number of phenols is 1. The lowest BCUT2D eigenvalue weighted by Gasteiger charge is -2.18. The van der Waals surface area contributed by atoms with E-state index in [9.17, 15) is 28.4 Å². The highest BCUT2D eigenvalue weighted by Gasteiger charge is 2.33. The zero-order valence-corrected chi connectivity index (χ0v) is 14.8. The van der Waals surface area contributed by atoms with Crippen molar-refractivity contribution >= 4 is 22.3 Å². The highest BCUT2D eigenvalue weighted by atomic mass is 19.4. The van der Waals surface area contributed by atoms with Crippen molar-refractivity contribution in [2.24, 2.45) is 0 Å². The molecule has 2 aromatic carbocycles. The number of nitrogens with zero attached hydrogens (tertiary/aromatic N) is 3. The number of benzene rings is 2. The minimum absolute atomic E-state index is 0.00897. The number of nitro benzene ring substituents is 1. The molecule has 2 N–H and O–H groups in total. The van der Waals surface area contributed by atoms with E-state index in [1.54, 1.807) is 19.9 Å². The molecule has 1 aromatic heterocycles. The van der Waals surface area contributed by atoms with E-state index in [2.05, 4.69) is 15.5 Å². The summed E-state index contributed by atoms with van der Waals surface area (Å²) >= 11 is 0. The van der Waals surface area contributed by atoms with Crippen molar-refractivity contribution in [3.05, 3.63) is 63.3 Å². The maximum atomic E-state index is 13.1. The molecular formula is C18H15F3N4O3. The summed E-state index contributed by atoms with van der Waals surface area (Å²) in [7, 11) is 0. The fraction of sp³-hybridized carbons (Fsp3) is 0.222. The summed E-state index contributed by atoms with van der Waals surface area (Å²) in [5, 5.41) is 33.0. The number of anilines is 1. The van der Waals surface area contributed by atoms with E-state index < -0.39 is 28.4 Å². The average molecular weight is 392 g/mol. The van der Waals surface area contributed by atoms with Gasteiger partial charge < -0.3 is 10.4 Å². The summed E-state index contributed by atoms with van der Waals surface area (Å²) in [6.07, 6.45) is -4.72. The molecule has 146 valence electrons. The molecule has 0 radical (unpaired) electrons. The van der Waals surface area contributed by atoms with Crippen LogP contribution in [0.1, 0.15) is 29.8 Å². The van der Waals surface area contributed by atoms with Crippen molar-refractivity contribution < 1.29 is 23.2 Å². The molecule has 1 heterocycles. The number of hydrogen-bond donors (Lipinski definition) is 2. The average Bonchev–Trinajstić information content (AvgIpc) is 2.62. The second-order valence-electron chi connectivity index (χ2n) is 6.30. The third kappa shape index (κ3) is 3.80. The fourth-order valence-corrected chi connectivity index (χ4v) is 2.83. The van der Waals surface area contributed by atoms with Crippen LogP contribution in [0, 0.1) is 17.0 Å². The van der Waals surface area contributed by atoms with Crippen LogP contribution in [0.5, 0.6) is 5.75 Å². The normalized spacial score (nSPS) is 12.8. The maximum absolute atomic E-state index is 13.1. The van der Waals surface area contributed by atoms with Gasteiger partial charge in [-0.2, -0.15) is 18.3 Å². The molecule has 0 spiro atoms. The van der Waals surface area contributed by atoms with E-state index in [0.717, 1.165) is 12.1 Å². The van der Waals surface area contributed by atoms with Gasteiger partial charge in [0.05, 0.1) is 22.2 Å². The van der Waals surface area contributed by atoms with E-state index in [1.807, 2.05) is 0 Å². The standard InChI is InChI=1S/C18H15F3N4O3/c1-9(11-5-12(18(19,20)21)7-13(6-11)25(27)28)22-17-16-8-14(26)3-4-15(16)10(2)23-24-17/h3-9,26H,1-2H3,(H,22,24)/t9-/m1/s1. The molecule has 0 amide bonds. The van der Waals surface area contributed by atoms with Crippen LogP contribution >= 0.6 is 0 Å². The summed E-state index contributed by atoms with van der Waals surface area (Å²) in [4.78, 5) is 10.2. The number of rotatable bonds is 4. The van der Waals surface area contributed by atoms with Crippen molar-refractivity contribution in [2.75, 3.05) is 5.32 Å². The molecule has 0 aliphatic carbocycles. The molecular weight excluding hydrogens is 377 g/mol. The molecule has 0 bridgehead atoms. The third-order valence-electron chi connectivity index (χ3n) is 4.28. The number of non-ortho nitro benzene ring substituents is 1. The van der Waals surface area contributed by atoms with E-state index in [1.165, 1.54) is 12.1 Å². The van der Waals surface area contributed by atoms with Crippen LogP contribution in [0.3, 0.4) is 0 Å². The van der Waals surface area contributed by atoms with Crippen LogP contribution in [0.15, 0.2) is 36.4 Å². The smallest absolute Gasteiger partial charge is 0.416 e. The Morgan fingerprint density at radius 3 is 2.50 bits per heavy atom. The highest BCUT2D eigenvalue weighted by Crippen LogP contribution is 2.35. The first kappa shape index (κ1) is 19.3. The third-order valence-corrected chi connectivity index (χ3v) is 4.28. The molecule has 10 heteroatoms. The number of nitro groups is 1. The van der Waals surface area contributed by atoms with Crippen LogP contribution in [-0.4, -0.2) is 20.2 Å². The Balaban J connectivity index is 2.04. The molecule has 1 atom stereocenters. The maximum Gasteiger partial charge on any atom is 0.416 e. The number of nitrogens with one attached hydrogen (secondary N) is 1. The Kier molecular flexibility index (Phi) is 4.80. The number of aryl methyl sites for hydroxylation is 1. The first-order valence-electron chi connectivity index (χ1n) is 8.15. The summed E-state index contributed by atoms with van der Waals surface area (Å²) in [5.74, 6) is 0.231. The first-order valence-corrected chi connectivity index (χ1v) is 8.15. The van der Waals surface area contributed by atoms with E-state index in [0.29, 0.717) is 22.5 Å². The van der Waals surface area contributed by atoms with Crippen molar-refractivity contribution in [3.63, 3.8) is 0 Å². The fourth-order valence-electron chi connectivity index (χ4n) is 2.83. The minimum Gasteiger partial charge on any atom is -0.508 e. The van der Waals surface area contributed by atoms with Gasteiger partial charge in [-0.15, -0.1) is 5.10 Å². The number of aromatic hydroxyl groups is 1. The predicted octanol–water partition coefficient (Wildman–Crippen LogP) is 4.74. The summed E-state index contributed by atoms with van der Waals surface area (Å²) in [5.41, 5.74) is -1.08. The Morgan fingerprint density at radius 2 is 1.86 bits per heavy atom.